The Morgan fingerprint density at radius 2 is 2.20 bits per heavy atom. The molecule has 1 saturated heterocycles. The van der Waals surface area contributed by atoms with Crippen molar-refractivity contribution < 1.29 is 17.9 Å². The lowest BCUT2D eigenvalue weighted by molar-refractivity contribution is 0.329. The normalized spacial score (nSPS) is 20.4. The zero-order chi connectivity index (χ0) is 14.8. The first-order valence-electron chi connectivity index (χ1n) is 6.60. The Bertz CT molecular complexity index is 557. The molecular formula is C13H19FN2O3S. The summed E-state index contributed by atoms with van der Waals surface area (Å²) in [4.78, 5) is 1.95. The molecular weight excluding hydrogens is 283 g/mol. The SMILES string of the molecule is CCNS(=O)(=O)C1CCN(Cc2cc(O)cc(F)c2)C1. The van der Waals surface area contributed by atoms with Crippen LogP contribution in [0.5, 0.6) is 5.75 Å². The molecule has 1 atom stereocenters. The van der Waals surface area contributed by atoms with E-state index < -0.39 is 21.1 Å². The largest absolute Gasteiger partial charge is 0.508 e. The standard InChI is InChI=1S/C13H19FN2O3S/c1-2-15-20(18,19)13-3-4-16(9-13)8-10-5-11(14)7-12(17)6-10/h5-7,13,15,17H,2-4,8-9H2,1H3. The number of phenolic OH excluding ortho intramolecular Hbond substituents is 1. The highest BCUT2D eigenvalue weighted by molar-refractivity contribution is 7.90. The Morgan fingerprint density at radius 3 is 2.85 bits per heavy atom. The Morgan fingerprint density at radius 1 is 1.45 bits per heavy atom. The van der Waals surface area contributed by atoms with Crippen LogP contribution in [0.2, 0.25) is 0 Å². The fourth-order valence-electron chi connectivity index (χ4n) is 2.50. The topological polar surface area (TPSA) is 69.6 Å². The highest BCUT2D eigenvalue weighted by Gasteiger charge is 2.32. The lowest BCUT2D eigenvalue weighted by Gasteiger charge is -2.16. The van der Waals surface area contributed by atoms with Gasteiger partial charge in [0.05, 0.1) is 5.25 Å². The van der Waals surface area contributed by atoms with Crippen molar-refractivity contribution in [2.24, 2.45) is 0 Å². The molecule has 1 aromatic carbocycles. The quantitative estimate of drug-likeness (QED) is 0.853. The number of benzene rings is 1. The number of hydrogen-bond donors (Lipinski definition) is 2. The van der Waals surface area contributed by atoms with Gasteiger partial charge in [-0.1, -0.05) is 6.92 Å². The second-order valence-corrected chi connectivity index (χ2v) is 7.05. The van der Waals surface area contributed by atoms with Gasteiger partial charge in [0.2, 0.25) is 10.0 Å². The van der Waals surface area contributed by atoms with Gasteiger partial charge in [-0.15, -0.1) is 0 Å². The average Bonchev–Trinajstić information content (AvgIpc) is 2.76. The molecule has 2 rings (SSSR count). The fraction of sp³-hybridized carbons (Fsp3) is 0.538. The molecule has 1 aromatic rings. The molecule has 20 heavy (non-hydrogen) atoms. The molecule has 1 heterocycles. The smallest absolute Gasteiger partial charge is 0.215 e. The Balaban J connectivity index is 2.00. The van der Waals surface area contributed by atoms with Gasteiger partial charge in [-0.25, -0.2) is 17.5 Å². The summed E-state index contributed by atoms with van der Waals surface area (Å²) in [6, 6.07) is 3.90. The molecule has 1 aliphatic heterocycles. The van der Waals surface area contributed by atoms with Crippen molar-refractivity contribution in [1.29, 1.82) is 0 Å². The van der Waals surface area contributed by atoms with E-state index in [0.717, 1.165) is 6.07 Å². The second kappa shape index (κ2) is 6.07. The van der Waals surface area contributed by atoms with E-state index >= 15 is 0 Å². The van der Waals surface area contributed by atoms with E-state index in [2.05, 4.69) is 4.72 Å². The Hall–Kier alpha value is -1.18. The van der Waals surface area contributed by atoms with E-state index in [9.17, 15) is 17.9 Å². The van der Waals surface area contributed by atoms with E-state index in [1.54, 1.807) is 6.92 Å². The minimum atomic E-state index is -3.27. The first kappa shape index (κ1) is 15.2. The predicted molar refractivity (Wildman–Crippen MR) is 74.3 cm³/mol. The maximum Gasteiger partial charge on any atom is 0.215 e. The van der Waals surface area contributed by atoms with E-state index in [1.807, 2.05) is 4.90 Å². The van der Waals surface area contributed by atoms with Gasteiger partial charge in [0.15, 0.2) is 0 Å². The molecule has 0 radical (unpaired) electrons. The molecule has 0 saturated carbocycles. The van der Waals surface area contributed by atoms with Crippen molar-refractivity contribution in [1.82, 2.24) is 9.62 Å². The summed E-state index contributed by atoms with van der Waals surface area (Å²) in [5.74, 6) is -0.605. The highest BCUT2D eigenvalue weighted by atomic mass is 32.2. The Labute approximate surface area is 118 Å². The van der Waals surface area contributed by atoms with Gasteiger partial charge in [-0.05, 0) is 30.7 Å². The van der Waals surface area contributed by atoms with Crippen molar-refractivity contribution >= 4 is 10.0 Å². The number of sulfonamides is 1. The summed E-state index contributed by atoms with van der Waals surface area (Å²) in [5, 5.41) is 8.93. The van der Waals surface area contributed by atoms with Crippen molar-refractivity contribution in [2.75, 3.05) is 19.6 Å². The molecule has 0 aliphatic carbocycles. The number of nitrogens with one attached hydrogen (secondary N) is 1. The number of nitrogens with zero attached hydrogens (tertiary/aromatic N) is 1. The number of rotatable bonds is 5. The third-order valence-electron chi connectivity index (χ3n) is 3.36. The third kappa shape index (κ3) is 3.68. The van der Waals surface area contributed by atoms with Gasteiger partial charge >= 0.3 is 0 Å². The van der Waals surface area contributed by atoms with Gasteiger partial charge in [0.25, 0.3) is 0 Å². The molecule has 1 unspecified atom stereocenters. The zero-order valence-corrected chi connectivity index (χ0v) is 12.2. The van der Waals surface area contributed by atoms with E-state index in [4.69, 9.17) is 0 Å². The zero-order valence-electron chi connectivity index (χ0n) is 11.3. The van der Waals surface area contributed by atoms with Crippen LogP contribution in [0.4, 0.5) is 4.39 Å². The first-order chi connectivity index (χ1) is 9.40. The summed E-state index contributed by atoms with van der Waals surface area (Å²) in [7, 11) is -3.27. The number of halogens is 1. The highest BCUT2D eigenvalue weighted by Crippen LogP contribution is 2.21. The van der Waals surface area contributed by atoms with Crippen LogP contribution in [0.3, 0.4) is 0 Å². The summed E-state index contributed by atoms with van der Waals surface area (Å²) >= 11 is 0. The molecule has 1 aliphatic rings. The van der Waals surface area contributed by atoms with Crippen molar-refractivity contribution in [3.8, 4) is 5.75 Å². The third-order valence-corrected chi connectivity index (χ3v) is 5.32. The lowest BCUT2D eigenvalue weighted by Crippen LogP contribution is -2.36. The fourth-order valence-corrected chi connectivity index (χ4v) is 3.96. The molecule has 0 bridgehead atoms. The minimum absolute atomic E-state index is 0.115. The monoisotopic (exact) mass is 302 g/mol. The van der Waals surface area contributed by atoms with Gasteiger partial charge in [-0.2, -0.15) is 0 Å². The van der Waals surface area contributed by atoms with Crippen LogP contribution < -0.4 is 4.72 Å². The summed E-state index contributed by atoms with van der Waals surface area (Å²) < 4.78 is 39.5. The molecule has 112 valence electrons. The summed E-state index contributed by atoms with van der Waals surface area (Å²) in [5.41, 5.74) is 0.643. The number of phenols is 1. The second-order valence-electron chi connectivity index (χ2n) is 5.01. The average molecular weight is 302 g/mol. The molecule has 0 spiro atoms. The maximum absolute atomic E-state index is 13.2. The van der Waals surface area contributed by atoms with Crippen molar-refractivity contribution in [3.05, 3.63) is 29.6 Å². The van der Waals surface area contributed by atoms with Crippen LogP contribution >= 0.6 is 0 Å². The van der Waals surface area contributed by atoms with Crippen LogP contribution in [0.1, 0.15) is 18.9 Å². The van der Waals surface area contributed by atoms with Gasteiger partial charge in [0.1, 0.15) is 11.6 Å². The van der Waals surface area contributed by atoms with E-state index in [0.29, 0.717) is 38.2 Å². The van der Waals surface area contributed by atoms with E-state index in [1.165, 1.54) is 12.1 Å². The Kier molecular flexibility index (Phi) is 4.62. The van der Waals surface area contributed by atoms with Crippen molar-refractivity contribution in [3.63, 3.8) is 0 Å². The van der Waals surface area contributed by atoms with Crippen LogP contribution in [0, 0.1) is 5.82 Å². The van der Waals surface area contributed by atoms with Crippen LogP contribution in [-0.2, 0) is 16.6 Å². The predicted octanol–water partition coefficient (Wildman–Crippen LogP) is 1.04. The van der Waals surface area contributed by atoms with Crippen LogP contribution in [0.25, 0.3) is 0 Å². The minimum Gasteiger partial charge on any atom is -0.508 e. The molecule has 0 aromatic heterocycles. The molecule has 1 fully saturated rings. The number of likely N-dealkylation sites (tertiary alicyclic amines) is 1. The summed E-state index contributed by atoms with van der Waals surface area (Å²) in [6.07, 6.45) is 0.566. The molecule has 7 heteroatoms. The van der Waals surface area contributed by atoms with Crippen LogP contribution in [0.15, 0.2) is 18.2 Å². The van der Waals surface area contributed by atoms with Crippen molar-refractivity contribution in [2.45, 2.75) is 25.1 Å². The van der Waals surface area contributed by atoms with Gasteiger partial charge in [-0.3, -0.25) is 4.90 Å². The summed E-state index contributed by atoms with van der Waals surface area (Å²) in [6.45, 7) is 3.64. The number of hydrogen-bond acceptors (Lipinski definition) is 4. The molecule has 2 N–H and O–H groups in total. The number of aromatic hydroxyl groups is 1. The molecule has 0 amide bonds. The van der Waals surface area contributed by atoms with E-state index in [-0.39, 0.29) is 5.75 Å². The molecule has 5 nitrogen and oxygen atoms in total. The first-order valence-corrected chi connectivity index (χ1v) is 8.14. The van der Waals surface area contributed by atoms with Gasteiger partial charge in [0, 0.05) is 25.7 Å². The van der Waals surface area contributed by atoms with Crippen LogP contribution in [-0.4, -0.2) is 43.3 Å². The lowest BCUT2D eigenvalue weighted by atomic mass is 10.2. The van der Waals surface area contributed by atoms with Gasteiger partial charge < -0.3 is 5.11 Å². The maximum atomic E-state index is 13.2.